The van der Waals surface area contributed by atoms with Gasteiger partial charge in [-0.1, -0.05) is 23.7 Å². The first-order chi connectivity index (χ1) is 7.70. The Morgan fingerprint density at radius 3 is 2.81 bits per heavy atom. The topological polar surface area (TPSA) is 38.7 Å². The molecule has 2 fully saturated rings. The van der Waals surface area contributed by atoms with Gasteiger partial charge in [-0.25, -0.2) is 0 Å². The van der Waals surface area contributed by atoms with E-state index < -0.39 is 11.7 Å². The fourth-order valence-corrected chi connectivity index (χ4v) is 2.61. The minimum atomic E-state index is -0.479. The molecule has 3 atom stereocenters. The number of hydrogen-bond acceptors (Lipinski definition) is 3. The molecule has 2 aliphatic heterocycles. The minimum absolute atomic E-state index is 0.190. The van der Waals surface area contributed by atoms with E-state index >= 15 is 0 Å². The Hall–Kier alpha value is -0.610. The van der Waals surface area contributed by atoms with Crippen LogP contribution in [-0.4, -0.2) is 30.5 Å². The van der Waals surface area contributed by atoms with Crippen molar-refractivity contribution in [2.45, 2.75) is 24.2 Å². The van der Waals surface area contributed by atoms with E-state index in [1.807, 2.05) is 24.3 Å². The zero-order valence-electron chi connectivity index (χ0n) is 8.73. The first kappa shape index (κ1) is 10.5. The highest BCUT2D eigenvalue weighted by Gasteiger charge is 2.50. The van der Waals surface area contributed by atoms with Gasteiger partial charge in [0.2, 0.25) is 0 Å². The van der Waals surface area contributed by atoms with Crippen LogP contribution in [0.2, 0.25) is 5.02 Å². The van der Waals surface area contributed by atoms with E-state index in [-0.39, 0.29) is 6.10 Å². The van der Waals surface area contributed by atoms with Crippen molar-refractivity contribution in [1.82, 2.24) is 0 Å². The molecule has 1 N–H and O–H groups in total. The summed E-state index contributed by atoms with van der Waals surface area (Å²) in [5, 5.41) is 10.6. The molecule has 0 amide bonds. The number of aliphatic hydroxyl groups excluding tert-OH is 1. The molecule has 1 aromatic rings. The third-order valence-corrected chi connectivity index (χ3v) is 3.58. The molecule has 2 bridgehead atoms. The van der Waals surface area contributed by atoms with E-state index in [2.05, 4.69) is 0 Å². The van der Waals surface area contributed by atoms with Gasteiger partial charge in [-0.15, -0.1) is 0 Å². The van der Waals surface area contributed by atoms with Gasteiger partial charge in [-0.2, -0.15) is 0 Å². The maximum atomic E-state index is 9.85. The summed E-state index contributed by atoms with van der Waals surface area (Å²) in [6, 6.07) is 7.55. The largest absolute Gasteiger partial charge is 0.390 e. The van der Waals surface area contributed by atoms with E-state index in [1.165, 1.54) is 0 Å². The Morgan fingerprint density at radius 2 is 2.06 bits per heavy atom. The number of ether oxygens (including phenoxy) is 2. The summed E-state index contributed by atoms with van der Waals surface area (Å²) in [6.07, 6.45) is -0.0261. The SMILES string of the molecule is O[C@H]1C[C@@]2(c3ccc(Cl)cc3)COC[C@@H]1O2. The minimum Gasteiger partial charge on any atom is -0.390 e. The van der Waals surface area contributed by atoms with Crippen molar-refractivity contribution in [2.24, 2.45) is 0 Å². The Kier molecular flexibility index (Phi) is 2.44. The van der Waals surface area contributed by atoms with Crippen molar-refractivity contribution < 1.29 is 14.6 Å². The standard InChI is InChI=1S/C12H13ClO3/c13-9-3-1-8(2-4-9)12-5-10(14)11(16-12)6-15-7-12/h1-4,10-11,14H,5-7H2/t10-,11-,12-/m0/s1. The smallest absolute Gasteiger partial charge is 0.119 e. The maximum absolute atomic E-state index is 9.85. The fourth-order valence-electron chi connectivity index (χ4n) is 2.49. The van der Waals surface area contributed by atoms with Gasteiger partial charge in [0.15, 0.2) is 0 Å². The van der Waals surface area contributed by atoms with Gasteiger partial charge in [0.1, 0.15) is 11.7 Å². The van der Waals surface area contributed by atoms with Gasteiger partial charge in [0.25, 0.3) is 0 Å². The maximum Gasteiger partial charge on any atom is 0.119 e. The highest BCUT2D eigenvalue weighted by Crippen LogP contribution is 2.42. The molecule has 0 aliphatic carbocycles. The quantitative estimate of drug-likeness (QED) is 0.812. The molecule has 0 spiro atoms. The number of rotatable bonds is 1. The lowest BCUT2D eigenvalue weighted by Gasteiger charge is -2.33. The molecule has 2 heterocycles. The van der Waals surface area contributed by atoms with E-state index in [4.69, 9.17) is 21.1 Å². The van der Waals surface area contributed by atoms with Crippen LogP contribution in [0.5, 0.6) is 0 Å². The zero-order chi connectivity index (χ0) is 11.2. The molecule has 4 heteroatoms. The highest BCUT2D eigenvalue weighted by atomic mass is 35.5. The molecule has 2 saturated heterocycles. The van der Waals surface area contributed by atoms with Crippen LogP contribution in [0.15, 0.2) is 24.3 Å². The predicted octanol–water partition coefficient (Wildman–Crippen LogP) is 1.72. The van der Waals surface area contributed by atoms with Gasteiger partial charge < -0.3 is 14.6 Å². The number of halogens is 1. The van der Waals surface area contributed by atoms with Crippen molar-refractivity contribution in [1.29, 1.82) is 0 Å². The summed E-state index contributed by atoms with van der Waals surface area (Å²) >= 11 is 5.86. The van der Waals surface area contributed by atoms with Gasteiger partial charge in [0, 0.05) is 11.4 Å². The Morgan fingerprint density at radius 1 is 1.31 bits per heavy atom. The molecule has 86 valence electrons. The van der Waals surface area contributed by atoms with E-state index in [1.54, 1.807) is 0 Å². The molecule has 0 unspecified atom stereocenters. The third-order valence-electron chi connectivity index (χ3n) is 3.33. The first-order valence-corrected chi connectivity index (χ1v) is 5.77. The lowest BCUT2D eigenvalue weighted by molar-refractivity contribution is -0.170. The van der Waals surface area contributed by atoms with Crippen LogP contribution < -0.4 is 0 Å². The van der Waals surface area contributed by atoms with E-state index in [0.717, 1.165) is 5.56 Å². The van der Waals surface area contributed by atoms with Crippen LogP contribution in [0.3, 0.4) is 0 Å². The molecule has 3 nitrogen and oxygen atoms in total. The summed E-state index contributed by atoms with van der Waals surface area (Å²) in [6.45, 7) is 0.985. The lowest BCUT2D eigenvalue weighted by atomic mass is 9.91. The van der Waals surface area contributed by atoms with Crippen molar-refractivity contribution in [2.75, 3.05) is 13.2 Å². The third kappa shape index (κ3) is 1.55. The number of hydrogen-bond donors (Lipinski definition) is 1. The van der Waals surface area contributed by atoms with Crippen LogP contribution >= 0.6 is 11.6 Å². The van der Waals surface area contributed by atoms with E-state index in [0.29, 0.717) is 24.7 Å². The monoisotopic (exact) mass is 240 g/mol. The Balaban J connectivity index is 1.96. The van der Waals surface area contributed by atoms with Crippen molar-refractivity contribution in [3.05, 3.63) is 34.9 Å². The van der Waals surface area contributed by atoms with E-state index in [9.17, 15) is 5.11 Å². The van der Waals surface area contributed by atoms with Crippen molar-refractivity contribution in [3.8, 4) is 0 Å². The highest BCUT2D eigenvalue weighted by molar-refractivity contribution is 6.30. The summed E-state index contributed by atoms with van der Waals surface area (Å²) < 4.78 is 11.4. The molecular weight excluding hydrogens is 228 g/mol. The Labute approximate surface area is 98.9 Å². The van der Waals surface area contributed by atoms with Crippen LogP contribution in [0, 0.1) is 0 Å². The van der Waals surface area contributed by atoms with Crippen LogP contribution in [0.4, 0.5) is 0 Å². The molecule has 1 aromatic carbocycles. The number of fused-ring (bicyclic) bond motifs is 2. The molecule has 0 saturated carbocycles. The molecule has 0 radical (unpaired) electrons. The zero-order valence-corrected chi connectivity index (χ0v) is 9.48. The second-order valence-electron chi connectivity index (χ2n) is 4.44. The van der Waals surface area contributed by atoms with Crippen LogP contribution in [-0.2, 0) is 15.1 Å². The summed E-state index contributed by atoms with van der Waals surface area (Å²) in [5.74, 6) is 0. The molecule has 2 aliphatic rings. The second kappa shape index (κ2) is 3.70. The van der Waals surface area contributed by atoms with Crippen LogP contribution in [0.1, 0.15) is 12.0 Å². The average molecular weight is 241 g/mol. The van der Waals surface area contributed by atoms with Crippen molar-refractivity contribution >= 4 is 11.6 Å². The number of aliphatic hydroxyl groups is 1. The van der Waals surface area contributed by atoms with Gasteiger partial charge >= 0.3 is 0 Å². The van der Waals surface area contributed by atoms with Gasteiger partial charge in [-0.05, 0) is 17.7 Å². The lowest BCUT2D eigenvalue weighted by Crippen LogP contribution is -2.38. The summed E-state index contributed by atoms with van der Waals surface area (Å²) in [7, 11) is 0. The predicted molar refractivity (Wildman–Crippen MR) is 59.4 cm³/mol. The van der Waals surface area contributed by atoms with Gasteiger partial charge in [-0.3, -0.25) is 0 Å². The van der Waals surface area contributed by atoms with Gasteiger partial charge in [0.05, 0.1) is 19.3 Å². The number of benzene rings is 1. The summed E-state index contributed by atoms with van der Waals surface area (Å²) in [5.41, 5.74) is 0.547. The summed E-state index contributed by atoms with van der Waals surface area (Å²) in [4.78, 5) is 0. The second-order valence-corrected chi connectivity index (χ2v) is 4.88. The first-order valence-electron chi connectivity index (χ1n) is 5.39. The van der Waals surface area contributed by atoms with Crippen LogP contribution in [0.25, 0.3) is 0 Å². The normalized spacial score (nSPS) is 37.6. The molecule has 3 rings (SSSR count). The average Bonchev–Trinajstić information content (AvgIpc) is 2.51. The van der Waals surface area contributed by atoms with Crippen molar-refractivity contribution in [3.63, 3.8) is 0 Å². The molecular formula is C12H13ClO3. The Bertz CT molecular complexity index is 388. The fraction of sp³-hybridized carbons (Fsp3) is 0.500. The molecule has 16 heavy (non-hydrogen) atoms. The molecule has 0 aromatic heterocycles.